The van der Waals surface area contributed by atoms with Gasteiger partial charge in [-0.15, -0.1) is 0 Å². The summed E-state index contributed by atoms with van der Waals surface area (Å²) in [4.78, 5) is 11.4. The molecule has 0 spiro atoms. The summed E-state index contributed by atoms with van der Waals surface area (Å²) in [6.07, 6.45) is 1.81. The third-order valence-electron chi connectivity index (χ3n) is 3.94. The van der Waals surface area contributed by atoms with Crippen molar-refractivity contribution in [1.82, 2.24) is 5.32 Å². The van der Waals surface area contributed by atoms with Crippen LogP contribution in [0.2, 0.25) is 0 Å². The number of esters is 1. The zero-order chi connectivity index (χ0) is 14.5. The Labute approximate surface area is 120 Å². The summed E-state index contributed by atoms with van der Waals surface area (Å²) in [6.45, 7) is 5.08. The van der Waals surface area contributed by atoms with E-state index in [1.54, 1.807) is 0 Å². The molecule has 0 saturated carbocycles. The third kappa shape index (κ3) is 3.51. The van der Waals surface area contributed by atoms with Gasteiger partial charge in [0.2, 0.25) is 0 Å². The van der Waals surface area contributed by atoms with Crippen molar-refractivity contribution in [3.63, 3.8) is 0 Å². The second-order valence-corrected chi connectivity index (χ2v) is 5.34. The van der Waals surface area contributed by atoms with Crippen LogP contribution in [0.5, 0.6) is 5.75 Å². The predicted octanol–water partition coefficient (Wildman–Crippen LogP) is 2.48. The molecule has 20 heavy (non-hydrogen) atoms. The van der Waals surface area contributed by atoms with Crippen LogP contribution < -0.4 is 10.1 Å². The van der Waals surface area contributed by atoms with Gasteiger partial charge in [0.05, 0.1) is 7.11 Å². The van der Waals surface area contributed by atoms with E-state index >= 15 is 0 Å². The molecule has 1 aromatic rings. The van der Waals surface area contributed by atoms with E-state index in [1.165, 1.54) is 12.7 Å². The van der Waals surface area contributed by atoms with Gasteiger partial charge in [0.15, 0.2) is 0 Å². The van der Waals surface area contributed by atoms with Crippen molar-refractivity contribution in [3.8, 4) is 5.75 Å². The number of hydrogen-bond acceptors (Lipinski definition) is 4. The summed E-state index contributed by atoms with van der Waals surface area (Å²) < 4.78 is 10.6. The van der Waals surface area contributed by atoms with Crippen molar-refractivity contribution in [3.05, 3.63) is 29.8 Å². The molecular formula is C16H23NO3. The molecule has 4 nitrogen and oxygen atoms in total. The molecule has 110 valence electrons. The molecule has 0 amide bonds. The first-order valence-electron chi connectivity index (χ1n) is 7.21. The molecule has 1 aliphatic rings. The smallest absolute Gasteiger partial charge is 0.323 e. The summed E-state index contributed by atoms with van der Waals surface area (Å²) in [5.41, 5.74) is 1.33. The lowest BCUT2D eigenvalue weighted by Crippen LogP contribution is -2.31. The highest BCUT2D eigenvalue weighted by Gasteiger charge is 2.31. The van der Waals surface area contributed by atoms with Gasteiger partial charge >= 0.3 is 5.97 Å². The van der Waals surface area contributed by atoms with Gasteiger partial charge in [-0.25, -0.2) is 0 Å². The van der Waals surface area contributed by atoms with E-state index in [4.69, 9.17) is 9.47 Å². The molecule has 1 N–H and O–H groups in total. The molecule has 1 heterocycles. The average Bonchev–Trinajstić information content (AvgIpc) is 2.95. The minimum atomic E-state index is -0.246. The average molecular weight is 277 g/mol. The van der Waals surface area contributed by atoms with Crippen LogP contribution in [-0.2, 0) is 9.53 Å². The minimum absolute atomic E-state index is 0.0218. The maximum atomic E-state index is 11.4. The van der Waals surface area contributed by atoms with Crippen LogP contribution in [-0.4, -0.2) is 31.8 Å². The fraction of sp³-hybridized carbons (Fsp3) is 0.562. The predicted molar refractivity (Wildman–Crippen MR) is 78.0 cm³/mol. The Hall–Kier alpha value is -1.55. The van der Waals surface area contributed by atoms with Gasteiger partial charge in [-0.2, -0.15) is 0 Å². The Balaban J connectivity index is 1.90. The molecule has 0 aromatic heterocycles. The maximum Gasteiger partial charge on any atom is 0.323 e. The van der Waals surface area contributed by atoms with Gasteiger partial charge in [0.1, 0.15) is 17.9 Å². The lowest BCUT2D eigenvalue weighted by atomic mass is 9.99. The Kier molecular flexibility index (Phi) is 5.01. The highest BCUT2D eigenvalue weighted by Crippen LogP contribution is 2.23. The van der Waals surface area contributed by atoms with Crippen LogP contribution in [0.3, 0.4) is 0 Å². The topological polar surface area (TPSA) is 47.6 Å². The number of carbonyl (C=O) groups excluding carboxylic acids is 1. The number of hydrogen-bond donors (Lipinski definition) is 1. The van der Waals surface area contributed by atoms with Gasteiger partial charge in [-0.05, 0) is 30.0 Å². The number of benzene rings is 1. The molecule has 1 fully saturated rings. The van der Waals surface area contributed by atoms with Crippen molar-refractivity contribution in [2.24, 2.45) is 0 Å². The first-order chi connectivity index (χ1) is 9.63. The number of rotatable bonds is 5. The van der Waals surface area contributed by atoms with Crippen molar-refractivity contribution in [2.75, 3.05) is 13.7 Å². The fourth-order valence-electron chi connectivity index (χ4n) is 2.42. The lowest BCUT2D eigenvalue weighted by molar-refractivity contribution is -0.142. The summed E-state index contributed by atoms with van der Waals surface area (Å²) in [5, 5.41) is 3.12. The molecule has 1 aliphatic heterocycles. The van der Waals surface area contributed by atoms with Crippen LogP contribution in [0.15, 0.2) is 24.3 Å². The quantitative estimate of drug-likeness (QED) is 0.840. The van der Waals surface area contributed by atoms with E-state index in [0.29, 0.717) is 18.9 Å². The molecule has 3 atom stereocenters. The second kappa shape index (κ2) is 6.75. The number of ether oxygens (including phenoxy) is 2. The SMILES string of the molecule is CCC(C)c1ccc(O[C@H]2CN[C@@H](C(=O)OC)C2)cc1. The van der Waals surface area contributed by atoms with Crippen LogP contribution in [0.4, 0.5) is 0 Å². The Morgan fingerprint density at radius 3 is 2.70 bits per heavy atom. The van der Waals surface area contributed by atoms with E-state index in [-0.39, 0.29) is 18.1 Å². The van der Waals surface area contributed by atoms with Gasteiger partial charge in [0, 0.05) is 13.0 Å². The first kappa shape index (κ1) is 14.9. The molecule has 1 aromatic carbocycles. The Morgan fingerprint density at radius 2 is 2.10 bits per heavy atom. The van der Waals surface area contributed by atoms with E-state index in [0.717, 1.165) is 12.2 Å². The normalized spacial score (nSPS) is 23.4. The molecule has 0 radical (unpaired) electrons. The van der Waals surface area contributed by atoms with Crippen molar-refractivity contribution in [1.29, 1.82) is 0 Å². The van der Waals surface area contributed by atoms with Crippen LogP contribution >= 0.6 is 0 Å². The summed E-state index contributed by atoms with van der Waals surface area (Å²) in [7, 11) is 1.41. The molecular weight excluding hydrogens is 254 g/mol. The molecule has 0 bridgehead atoms. The highest BCUT2D eigenvalue weighted by atomic mass is 16.5. The fourth-order valence-corrected chi connectivity index (χ4v) is 2.42. The first-order valence-corrected chi connectivity index (χ1v) is 7.21. The van der Waals surface area contributed by atoms with E-state index in [2.05, 4.69) is 31.3 Å². The van der Waals surface area contributed by atoms with Gasteiger partial charge in [-0.3, -0.25) is 4.79 Å². The molecule has 2 rings (SSSR count). The van der Waals surface area contributed by atoms with Crippen LogP contribution in [0.25, 0.3) is 0 Å². The van der Waals surface area contributed by atoms with Crippen molar-refractivity contribution >= 4 is 5.97 Å². The zero-order valence-electron chi connectivity index (χ0n) is 12.4. The maximum absolute atomic E-state index is 11.4. The zero-order valence-corrected chi connectivity index (χ0v) is 12.4. The standard InChI is InChI=1S/C16H23NO3/c1-4-11(2)12-5-7-13(8-6-12)20-14-9-15(17-10-14)16(18)19-3/h5-8,11,14-15,17H,4,9-10H2,1-3H3/t11?,14-,15-/m1/s1. The summed E-state index contributed by atoms with van der Waals surface area (Å²) >= 11 is 0. The van der Waals surface area contributed by atoms with E-state index in [9.17, 15) is 4.79 Å². The number of nitrogens with one attached hydrogen (secondary N) is 1. The highest BCUT2D eigenvalue weighted by molar-refractivity contribution is 5.76. The number of carbonyl (C=O) groups is 1. The molecule has 4 heteroatoms. The van der Waals surface area contributed by atoms with Crippen LogP contribution in [0, 0.1) is 0 Å². The summed E-state index contributed by atoms with van der Waals surface area (Å²) in [5.74, 6) is 1.21. The lowest BCUT2D eigenvalue weighted by Gasteiger charge is -2.14. The van der Waals surface area contributed by atoms with Crippen molar-refractivity contribution in [2.45, 2.75) is 44.8 Å². The van der Waals surface area contributed by atoms with E-state index < -0.39 is 0 Å². The molecule has 0 aliphatic carbocycles. The molecule has 1 saturated heterocycles. The van der Waals surface area contributed by atoms with Crippen LogP contribution in [0.1, 0.15) is 38.2 Å². The summed E-state index contributed by atoms with van der Waals surface area (Å²) in [6, 6.07) is 8.00. The third-order valence-corrected chi connectivity index (χ3v) is 3.94. The van der Waals surface area contributed by atoms with Gasteiger partial charge in [0.25, 0.3) is 0 Å². The Morgan fingerprint density at radius 1 is 1.40 bits per heavy atom. The minimum Gasteiger partial charge on any atom is -0.489 e. The second-order valence-electron chi connectivity index (χ2n) is 5.34. The number of methoxy groups -OCH3 is 1. The molecule has 1 unspecified atom stereocenters. The Bertz CT molecular complexity index is 444. The van der Waals surface area contributed by atoms with Crippen molar-refractivity contribution < 1.29 is 14.3 Å². The van der Waals surface area contributed by atoms with Gasteiger partial charge in [-0.1, -0.05) is 26.0 Å². The monoisotopic (exact) mass is 277 g/mol. The van der Waals surface area contributed by atoms with Gasteiger partial charge < -0.3 is 14.8 Å². The largest absolute Gasteiger partial charge is 0.489 e. The van der Waals surface area contributed by atoms with E-state index in [1.807, 2.05) is 12.1 Å².